The van der Waals surface area contributed by atoms with Crippen LogP contribution in [0.4, 0.5) is 10.1 Å². The maximum absolute atomic E-state index is 13.0. The van der Waals surface area contributed by atoms with Crippen LogP contribution >= 0.6 is 0 Å². The number of amides is 2. The van der Waals surface area contributed by atoms with Crippen LogP contribution in [-0.2, 0) is 4.79 Å². The lowest BCUT2D eigenvalue weighted by molar-refractivity contribution is -0.122. The maximum atomic E-state index is 13.0. The Labute approximate surface area is 151 Å². The summed E-state index contributed by atoms with van der Waals surface area (Å²) in [5.74, 6) is -0.686. The second-order valence-electron chi connectivity index (χ2n) is 5.50. The molecular formula is C20H21FN2O3. The number of benzene rings is 2. The van der Waals surface area contributed by atoms with Gasteiger partial charge in [0.2, 0.25) is 0 Å². The minimum Gasteiger partial charge on any atom is -0.481 e. The Hall–Kier alpha value is -3.15. The fraction of sp³-hybridized carbons (Fsp3) is 0.200. The van der Waals surface area contributed by atoms with E-state index in [1.165, 1.54) is 24.3 Å². The second kappa shape index (κ2) is 9.36. The van der Waals surface area contributed by atoms with E-state index in [9.17, 15) is 14.0 Å². The third kappa shape index (κ3) is 5.17. The molecule has 0 radical (unpaired) electrons. The number of para-hydroxylation sites is 1. The summed E-state index contributed by atoms with van der Waals surface area (Å²) in [6, 6.07) is 12.1. The molecule has 0 bridgehead atoms. The van der Waals surface area contributed by atoms with Crippen molar-refractivity contribution in [2.75, 3.05) is 11.9 Å². The average molecular weight is 356 g/mol. The molecule has 2 aromatic rings. The quantitative estimate of drug-likeness (QED) is 0.711. The Morgan fingerprint density at radius 3 is 2.54 bits per heavy atom. The van der Waals surface area contributed by atoms with Gasteiger partial charge in [-0.3, -0.25) is 9.59 Å². The lowest BCUT2D eigenvalue weighted by Crippen LogP contribution is -2.33. The largest absolute Gasteiger partial charge is 0.481 e. The predicted octanol–water partition coefficient (Wildman–Crippen LogP) is 3.54. The van der Waals surface area contributed by atoms with Gasteiger partial charge in [-0.25, -0.2) is 4.39 Å². The molecule has 0 aromatic heterocycles. The van der Waals surface area contributed by atoms with Crippen molar-refractivity contribution in [1.82, 2.24) is 5.32 Å². The van der Waals surface area contributed by atoms with Crippen LogP contribution in [-0.4, -0.2) is 24.5 Å². The van der Waals surface area contributed by atoms with Gasteiger partial charge in [-0.1, -0.05) is 25.1 Å². The minimum atomic E-state index is -0.773. The number of rotatable bonds is 8. The first-order chi connectivity index (χ1) is 12.5. The molecule has 0 saturated heterocycles. The van der Waals surface area contributed by atoms with Gasteiger partial charge < -0.3 is 15.4 Å². The number of ether oxygens (including phenoxy) is 1. The molecule has 136 valence electrons. The third-order valence-electron chi connectivity index (χ3n) is 3.59. The van der Waals surface area contributed by atoms with Crippen LogP contribution in [0.2, 0.25) is 0 Å². The lowest BCUT2D eigenvalue weighted by Gasteiger charge is -2.18. The molecule has 0 fully saturated rings. The summed E-state index contributed by atoms with van der Waals surface area (Å²) >= 11 is 0. The van der Waals surface area contributed by atoms with Crippen molar-refractivity contribution in [3.05, 3.63) is 72.6 Å². The number of nitrogens with one attached hydrogen (secondary N) is 2. The molecule has 2 rings (SSSR count). The molecule has 0 aliphatic rings. The van der Waals surface area contributed by atoms with Crippen molar-refractivity contribution in [2.45, 2.75) is 19.4 Å². The fourth-order valence-electron chi connectivity index (χ4n) is 2.26. The second-order valence-corrected chi connectivity index (χ2v) is 5.50. The Kier molecular flexibility index (Phi) is 6.91. The van der Waals surface area contributed by atoms with Gasteiger partial charge >= 0.3 is 0 Å². The van der Waals surface area contributed by atoms with E-state index in [0.717, 1.165) is 0 Å². The molecule has 2 aromatic carbocycles. The maximum Gasteiger partial charge on any atom is 0.265 e. The van der Waals surface area contributed by atoms with Crippen molar-refractivity contribution in [1.29, 1.82) is 0 Å². The Balaban J connectivity index is 2.11. The monoisotopic (exact) mass is 356 g/mol. The molecule has 2 N–H and O–H groups in total. The molecule has 26 heavy (non-hydrogen) atoms. The molecule has 1 atom stereocenters. The molecule has 2 amide bonds. The summed E-state index contributed by atoms with van der Waals surface area (Å²) in [6.07, 6.45) is 1.21. The Morgan fingerprint density at radius 1 is 1.19 bits per heavy atom. The van der Waals surface area contributed by atoms with Crippen LogP contribution in [0.3, 0.4) is 0 Å². The zero-order valence-electron chi connectivity index (χ0n) is 14.5. The average Bonchev–Trinajstić information content (AvgIpc) is 2.66. The SMILES string of the molecule is C=CCNC(=O)c1ccccc1NC(=O)C(CC)Oc1ccc(F)cc1. The van der Waals surface area contributed by atoms with Crippen molar-refractivity contribution >= 4 is 17.5 Å². The zero-order valence-corrected chi connectivity index (χ0v) is 14.5. The summed E-state index contributed by atoms with van der Waals surface area (Å²) in [5.41, 5.74) is 0.736. The summed E-state index contributed by atoms with van der Waals surface area (Å²) in [5, 5.41) is 5.40. The van der Waals surface area contributed by atoms with Gasteiger partial charge in [-0.2, -0.15) is 0 Å². The van der Waals surface area contributed by atoms with E-state index in [0.29, 0.717) is 30.0 Å². The van der Waals surface area contributed by atoms with Gasteiger partial charge in [0, 0.05) is 6.54 Å². The van der Waals surface area contributed by atoms with Crippen molar-refractivity contribution < 1.29 is 18.7 Å². The standard InChI is InChI=1S/C20H21FN2O3/c1-3-13-22-19(24)16-7-5-6-8-17(16)23-20(25)18(4-2)26-15-11-9-14(21)10-12-15/h3,5-12,18H,1,4,13H2,2H3,(H,22,24)(H,23,25). The molecule has 0 heterocycles. The van der Waals surface area contributed by atoms with Crippen LogP contribution in [0.15, 0.2) is 61.2 Å². The van der Waals surface area contributed by atoms with E-state index in [1.54, 1.807) is 37.3 Å². The number of hydrogen-bond donors (Lipinski definition) is 2. The summed E-state index contributed by atoms with van der Waals surface area (Å²) in [7, 11) is 0. The summed E-state index contributed by atoms with van der Waals surface area (Å²) in [4.78, 5) is 24.7. The van der Waals surface area contributed by atoms with Gasteiger partial charge in [-0.05, 0) is 42.8 Å². The van der Waals surface area contributed by atoms with Crippen LogP contribution in [0.25, 0.3) is 0 Å². The van der Waals surface area contributed by atoms with Gasteiger partial charge in [0.15, 0.2) is 6.10 Å². The molecule has 1 unspecified atom stereocenters. The highest BCUT2D eigenvalue weighted by Crippen LogP contribution is 2.18. The molecule has 0 saturated carbocycles. The lowest BCUT2D eigenvalue weighted by atomic mass is 10.1. The summed E-state index contributed by atoms with van der Waals surface area (Å²) in [6.45, 7) is 5.68. The Morgan fingerprint density at radius 2 is 1.88 bits per heavy atom. The van der Waals surface area contributed by atoms with Crippen LogP contribution in [0, 0.1) is 5.82 Å². The van der Waals surface area contributed by atoms with E-state index in [2.05, 4.69) is 17.2 Å². The van der Waals surface area contributed by atoms with Crippen molar-refractivity contribution in [3.8, 4) is 5.75 Å². The molecule has 0 aliphatic carbocycles. The normalized spacial score (nSPS) is 11.3. The topological polar surface area (TPSA) is 67.4 Å². The number of hydrogen-bond acceptors (Lipinski definition) is 3. The fourth-order valence-corrected chi connectivity index (χ4v) is 2.26. The highest BCUT2D eigenvalue weighted by atomic mass is 19.1. The molecule has 0 spiro atoms. The van der Waals surface area contributed by atoms with Crippen LogP contribution in [0.1, 0.15) is 23.7 Å². The third-order valence-corrected chi connectivity index (χ3v) is 3.59. The van der Waals surface area contributed by atoms with Crippen LogP contribution < -0.4 is 15.4 Å². The first kappa shape index (κ1) is 19.2. The number of anilines is 1. The molecule has 6 heteroatoms. The van der Waals surface area contributed by atoms with Crippen molar-refractivity contribution in [2.24, 2.45) is 0 Å². The van der Waals surface area contributed by atoms with Gasteiger partial charge in [-0.15, -0.1) is 6.58 Å². The first-order valence-electron chi connectivity index (χ1n) is 8.26. The number of halogens is 1. The van der Waals surface area contributed by atoms with E-state index >= 15 is 0 Å². The zero-order chi connectivity index (χ0) is 18.9. The van der Waals surface area contributed by atoms with Gasteiger partial charge in [0.05, 0.1) is 11.3 Å². The molecule has 0 aliphatic heterocycles. The van der Waals surface area contributed by atoms with Crippen molar-refractivity contribution in [3.63, 3.8) is 0 Å². The predicted molar refractivity (Wildman–Crippen MR) is 98.7 cm³/mol. The minimum absolute atomic E-state index is 0.312. The van der Waals surface area contributed by atoms with E-state index in [1.807, 2.05) is 0 Å². The Bertz CT molecular complexity index is 775. The van der Waals surface area contributed by atoms with E-state index < -0.39 is 6.10 Å². The van der Waals surface area contributed by atoms with Gasteiger partial charge in [0.1, 0.15) is 11.6 Å². The number of carbonyl (C=O) groups is 2. The summed E-state index contributed by atoms with van der Waals surface area (Å²) < 4.78 is 18.6. The highest BCUT2D eigenvalue weighted by molar-refractivity contribution is 6.04. The number of carbonyl (C=O) groups excluding carboxylic acids is 2. The van der Waals surface area contributed by atoms with Crippen LogP contribution in [0.5, 0.6) is 5.75 Å². The van der Waals surface area contributed by atoms with E-state index in [4.69, 9.17) is 4.74 Å². The highest BCUT2D eigenvalue weighted by Gasteiger charge is 2.21. The smallest absolute Gasteiger partial charge is 0.265 e. The molecule has 5 nitrogen and oxygen atoms in total. The van der Waals surface area contributed by atoms with E-state index in [-0.39, 0.29) is 17.6 Å². The van der Waals surface area contributed by atoms with Gasteiger partial charge in [0.25, 0.3) is 11.8 Å². The molecular weight excluding hydrogens is 335 g/mol. The first-order valence-corrected chi connectivity index (χ1v) is 8.26.